The molecular formula is C12H16F3N3O. The minimum Gasteiger partial charge on any atom is -0.361 e. The molecule has 0 radical (unpaired) electrons. The average Bonchev–Trinajstić information content (AvgIpc) is 2.51. The second-order valence-corrected chi connectivity index (χ2v) is 4.68. The molecule has 19 heavy (non-hydrogen) atoms. The number of pyridine rings is 1. The van der Waals surface area contributed by atoms with Gasteiger partial charge in [0.2, 0.25) is 0 Å². The van der Waals surface area contributed by atoms with Crippen LogP contribution in [-0.2, 0) is 19.3 Å². The van der Waals surface area contributed by atoms with Crippen molar-refractivity contribution in [1.82, 2.24) is 4.57 Å². The summed E-state index contributed by atoms with van der Waals surface area (Å²) in [5, 5.41) is 0. The number of alkyl halides is 3. The van der Waals surface area contributed by atoms with Gasteiger partial charge < -0.3 is 10.6 Å². The van der Waals surface area contributed by atoms with Crippen LogP contribution in [0.1, 0.15) is 24.0 Å². The van der Waals surface area contributed by atoms with Crippen LogP contribution in [0.3, 0.4) is 0 Å². The molecule has 0 saturated carbocycles. The van der Waals surface area contributed by atoms with Crippen LogP contribution in [0.15, 0.2) is 10.9 Å². The standard InChI is InChI=1S/C12H16F3N3O/c1-17-4-2-3-5-18-10(19)6-9(12(13,14)15)8(7-16)11(17)18/h6H,2-5,7,16H2,1H3. The number of nitrogens with zero attached hydrogens (tertiary/aromatic N) is 2. The van der Waals surface area contributed by atoms with Gasteiger partial charge in [0.05, 0.1) is 5.56 Å². The summed E-state index contributed by atoms with van der Waals surface area (Å²) in [5.41, 5.74) is 3.96. The van der Waals surface area contributed by atoms with E-state index in [1.165, 1.54) is 4.57 Å². The van der Waals surface area contributed by atoms with E-state index in [0.717, 1.165) is 12.8 Å². The molecule has 0 atom stereocenters. The van der Waals surface area contributed by atoms with E-state index in [0.29, 0.717) is 25.0 Å². The Bertz CT molecular complexity index is 536. The fourth-order valence-electron chi connectivity index (χ4n) is 2.51. The molecule has 0 bridgehead atoms. The molecular weight excluding hydrogens is 259 g/mol. The van der Waals surface area contributed by atoms with Crippen LogP contribution in [0, 0.1) is 0 Å². The Kier molecular flexibility index (Phi) is 3.58. The Morgan fingerprint density at radius 3 is 2.53 bits per heavy atom. The topological polar surface area (TPSA) is 51.3 Å². The molecule has 1 aliphatic rings. The van der Waals surface area contributed by atoms with Crippen molar-refractivity contribution in [1.29, 1.82) is 0 Å². The number of hydrogen-bond donors (Lipinski definition) is 1. The van der Waals surface area contributed by atoms with Crippen molar-refractivity contribution in [3.63, 3.8) is 0 Å². The molecule has 0 saturated heterocycles. The van der Waals surface area contributed by atoms with Crippen LogP contribution in [0.5, 0.6) is 0 Å². The molecule has 0 aromatic carbocycles. The Hall–Kier alpha value is -1.50. The minimum atomic E-state index is -4.56. The number of anilines is 1. The fourth-order valence-corrected chi connectivity index (χ4v) is 2.51. The van der Waals surface area contributed by atoms with E-state index in [9.17, 15) is 18.0 Å². The number of aromatic nitrogens is 1. The van der Waals surface area contributed by atoms with Crippen molar-refractivity contribution in [2.45, 2.75) is 32.1 Å². The van der Waals surface area contributed by atoms with Crippen LogP contribution in [-0.4, -0.2) is 18.2 Å². The van der Waals surface area contributed by atoms with Crippen molar-refractivity contribution in [3.8, 4) is 0 Å². The van der Waals surface area contributed by atoms with E-state index in [4.69, 9.17) is 5.73 Å². The minimum absolute atomic E-state index is 0.00324. The number of hydrogen-bond acceptors (Lipinski definition) is 3. The number of halogens is 3. The van der Waals surface area contributed by atoms with Gasteiger partial charge >= 0.3 is 6.18 Å². The maximum Gasteiger partial charge on any atom is 0.417 e. The lowest BCUT2D eigenvalue weighted by Gasteiger charge is -2.25. The van der Waals surface area contributed by atoms with Gasteiger partial charge in [-0.05, 0) is 12.8 Å². The predicted octanol–water partition coefficient (Wildman–Crippen LogP) is 1.56. The molecule has 2 heterocycles. The number of fused-ring (bicyclic) bond motifs is 1. The van der Waals surface area contributed by atoms with Crippen molar-refractivity contribution in [2.75, 3.05) is 18.5 Å². The van der Waals surface area contributed by atoms with E-state index >= 15 is 0 Å². The number of nitrogens with two attached hydrogens (primary N) is 1. The van der Waals surface area contributed by atoms with Crippen LogP contribution in [0.2, 0.25) is 0 Å². The fraction of sp³-hybridized carbons (Fsp3) is 0.583. The van der Waals surface area contributed by atoms with Crippen molar-refractivity contribution >= 4 is 5.82 Å². The summed E-state index contributed by atoms with van der Waals surface area (Å²) in [6.07, 6.45) is -2.95. The van der Waals surface area contributed by atoms with E-state index in [1.807, 2.05) is 0 Å². The molecule has 1 aliphatic heterocycles. The van der Waals surface area contributed by atoms with Gasteiger partial charge in [-0.1, -0.05) is 0 Å². The van der Waals surface area contributed by atoms with Gasteiger partial charge in [0.25, 0.3) is 5.56 Å². The lowest BCUT2D eigenvalue weighted by molar-refractivity contribution is -0.138. The smallest absolute Gasteiger partial charge is 0.361 e. The van der Waals surface area contributed by atoms with Gasteiger partial charge in [-0.3, -0.25) is 9.36 Å². The summed E-state index contributed by atoms with van der Waals surface area (Å²) in [4.78, 5) is 13.6. The number of rotatable bonds is 1. The van der Waals surface area contributed by atoms with Crippen LogP contribution in [0.4, 0.5) is 19.0 Å². The molecule has 4 nitrogen and oxygen atoms in total. The molecule has 7 heteroatoms. The highest BCUT2D eigenvalue weighted by Crippen LogP contribution is 2.35. The maximum absolute atomic E-state index is 13.0. The normalized spacial score (nSPS) is 16.2. The second kappa shape index (κ2) is 4.88. The third-order valence-electron chi connectivity index (χ3n) is 3.38. The monoisotopic (exact) mass is 275 g/mol. The zero-order valence-electron chi connectivity index (χ0n) is 10.6. The molecule has 0 spiro atoms. The SMILES string of the molecule is CN1CCCCn2c1c(CN)c(C(F)(F)F)cc2=O. The average molecular weight is 275 g/mol. The molecule has 0 amide bonds. The first kappa shape index (κ1) is 13.9. The summed E-state index contributed by atoms with van der Waals surface area (Å²) in [6, 6.07) is 0.658. The molecule has 1 aromatic rings. The zero-order valence-corrected chi connectivity index (χ0v) is 10.6. The van der Waals surface area contributed by atoms with Crippen molar-refractivity contribution in [2.24, 2.45) is 5.73 Å². The third kappa shape index (κ3) is 2.47. The first-order valence-electron chi connectivity index (χ1n) is 6.11. The summed E-state index contributed by atoms with van der Waals surface area (Å²) in [7, 11) is 1.69. The third-order valence-corrected chi connectivity index (χ3v) is 3.38. The zero-order chi connectivity index (χ0) is 14.2. The summed E-state index contributed by atoms with van der Waals surface area (Å²) in [5.74, 6) is 0.305. The van der Waals surface area contributed by atoms with Gasteiger partial charge in [0.15, 0.2) is 0 Å². The molecule has 1 aromatic heterocycles. The predicted molar refractivity (Wildman–Crippen MR) is 66.1 cm³/mol. The van der Waals surface area contributed by atoms with Gasteiger partial charge in [-0.25, -0.2) is 0 Å². The second-order valence-electron chi connectivity index (χ2n) is 4.68. The van der Waals surface area contributed by atoms with E-state index < -0.39 is 17.3 Å². The Balaban J connectivity index is 2.76. The summed E-state index contributed by atoms with van der Waals surface area (Å²) >= 11 is 0. The first-order chi connectivity index (χ1) is 8.86. The highest BCUT2D eigenvalue weighted by molar-refractivity contribution is 5.52. The first-order valence-corrected chi connectivity index (χ1v) is 6.11. The Morgan fingerprint density at radius 1 is 1.32 bits per heavy atom. The largest absolute Gasteiger partial charge is 0.417 e. The lowest BCUT2D eigenvalue weighted by Crippen LogP contribution is -2.31. The van der Waals surface area contributed by atoms with E-state index in [1.54, 1.807) is 11.9 Å². The maximum atomic E-state index is 13.0. The molecule has 2 N–H and O–H groups in total. The van der Waals surface area contributed by atoms with Crippen LogP contribution in [0.25, 0.3) is 0 Å². The molecule has 0 unspecified atom stereocenters. The Labute approximate surface area is 108 Å². The van der Waals surface area contributed by atoms with Gasteiger partial charge in [-0.15, -0.1) is 0 Å². The van der Waals surface area contributed by atoms with Crippen LogP contribution < -0.4 is 16.2 Å². The van der Waals surface area contributed by atoms with E-state index in [-0.39, 0.29) is 12.1 Å². The molecule has 2 rings (SSSR count). The Morgan fingerprint density at radius 2 is 1.95 bits per heavy atom. The van der Waals surface area contributed by atoms with Gasteiger partial charge in [-0.2, -0.15) is 13.2 Å². The van der Waals surface area contributed by atoms with Crippen LogP contribution >= 0.6 is 0 Å². The molecule has 0 fully saturated rings. The van der Waals surface area contributed by atoms with Gasteiger partial charge in [0.1, 0.15) is 5.82 Å². The van der Waals surface area contributed by atoms with Gasteiger partial charge in [0, 0.05) is 38.3 Å². The highest BCUT2D eigenvalue weighted by atomic mass is 19.4. The van der Waals surface area contributed by atoms with Crippen molar-refractivity contribution in [3.05, 3.63) is 27.5 Å². The molecule has 106 valence electrons. The van der Waals surface area contributed by atoms with E-state index in [2.05, 4.69) is 0 Å². The quantitative estimate of drug-likeness (QED) is 0.846. The highest BCUT2D eigenvalue weighted by Gasteiger charge is 2.36. The lowest BCUT2D eigenvalue weighted by atomic mass is 10.1. The summed E-state index contributed by atoms with van der Waals surface area (Å²) in [6.45, 7) is 0.812. The van der Waals surface area contributed by atoms with Crippen molar-refractivity contribution < 1.29 is 13.2 Å². The summed E-state index contributed by atoms with van der Waals surface area (Å²) < 4.78 is 40.4. The molecule has 0 aliphatic carbocycles.